The van der Waals surface area contributed by atoms with E-state index >= 15 is 0 Å². The molecule has 1 aliphatic rings. The molecule has 1 aliphatic heterocycles. The molecule has 0 spiro atoms. The van der Waals surface area contributed by atoms with Crippen molar-refractivity contribution in [2.75, 3.05) is 23.3 Å². The van der Waals surface area contributed by atoms with Gasteiger partial charge in [-0.2, -0.15) is 0 Å². The number of benzene rings is 2. The molecular weight excluding hydrogens is 398 g/mol. The molecule has 1 fully saturated rings. The van der Waals surface area contributed by atoms with E-state index in [1.165, 1.54) is 0 Å². The van der Waals surface area contributed by atoms with Gasteiger partial charge >= 0.3 is 0 Å². The fraction of sp³-hybridized carbons (Fsp3) is 0.481. The molecule has 3 rings (SSSR count). The number of nitrogens with one attached hydrogen (secondary N) is 2. The normalized spacial score (nSPS) is 14.8. The summed E-state index contributed by atoms with van der Waals surface area (Å²) in [5.74, 6) is 0.173. The van der Waals surface area contributed by atoms with Gasteiger partial charge in [0.25, 0.3) is 5.91 Å². The molecule has 1 heterocycles. The van der Waals surface area contributed by atoms with Gasteiger partial charge in [0.2, 0.25) is 5.91 Å². The number of carbonyl (C=O) groups is 2. The fourth-order valence-corrected chi connectivity index (χ4v) is 4.55. The van der Waals surface area contributed by atoms with Crippen molar-refractivity contribution in [2.24, 2.45) is 11.3 Å². The Balaban J connectivity index is 1.72. The Morgan fingerprint density at radius 2 is 1.72 bits per heavy atom. The quantitative estimate of drug-likeness (QED) is 0.566. The first-order chi connectivity index (χ1) is 15.2. The maximum atomic E-state index is 13.1. The van der Waals surface area contributed by atoms with Gasteiger partial charge in [-0.05, 0) is 54.4 Å². The van der Waals surface area contributed by atoms with Crippen LogP contribution in [-0.4, -0.2) is 24.9 Å². The average Bonchev–Trinajstić information content (AvgIpc) is 3.26. The van der Waals surface area contributed by atoms with Crippen molar-refractivity contribution < 1.29 is 9.59 Å². The number of nitrogens with zero attached hydrogens (tertiary/aromatic N) is 1. The van der Waals surface area contributed by atoms with Gasteiger partial charge < -0.3 is 15.5 Å². The number of rotatable bonds is 8. The summed E-state index contributed by atoms with van der Waals surface area (Å²) in [6, 6.07) is 15.6. The molecule has 2 aromatic rings. The Morgan fingerprint density at radius 1 is 1.03 bits per heavy atom. The maximum absolute atomic E-state index is 13.1. The van der Waals surface area contributed by atoms with Crippen LogP contribution in [0.1, 0.15) is 69.3 Å². The highest BCUT2D eigenvalue weighted by molar-refractivity contribution is 6.02. The van der Waals surface area contributed by atoms with Crippen LogP contribution in [0.15, 0.2) is 48.5 Å². The molecule has 0 aromatic heterocycles. The lowest BCUT2D eigenvalue weighted by Gasteiger charge is -2.23. The van der Waals surface area contributed by atoms with E-state index in [1.54, 1.807) is 0 Å². The standard InChI is InChI=1S/C27H37N3O2/c1-20(18-27(2,3)4)16-25(31)29-22-12-13-24(30-14-8-9-15-30)23(17-22)26(32)28-19-21-10-6-5-7-11-21/h5-7,10-13,17,20H,8-9,14-16,18-19H2,1-4H3,(H,28,32)(H,29,31)/t20-/m0/s1. The predicted molar refractivity (Wildman–Crippen MR) is 132 cm³/mol. The SMILES string of the molecule is C[C@@H](CC(=O)Nc1ccc(N2CCCC2)c(C(=O)NCc2ccccc2)c1)CC(C)(C)C. The van der Waals surface area contributed by atoms with E-state index < -0.39 is 0 Å². The van der Waals surface area contributed by atoms with Crippen molar-refractivity contribution in [3.63, 3.8) is 0 Å². The zero-order valence-corrected chi connectivity index (χ0v) is 19.9. The molecule has 5 heteroatoms. The smallest absolute Gasteiger partial charge is 0.253 e. The molecule has 2 aromatic carbocycles. The summed E-state index contributed by atoms with van der Waals surface area (Å²) in [6.45, 7) is 11.1. The maximum Gasteiger partial charge on any atom is 0.253 e. The minimum Gasteiger partial charge on any atom is -0.371 e. The zero-order chi connectivity index (χ0) is 23.1. The number of anilines is 2. The number of carbonyl (C=O) groups excluding carboxylic acids is 2. The van der Waals surface area contributed by atoms with Crippen molar-refractivity contribution in [2.45, 2.75) is 59.9 Å². The monoisotopic (exact) mass is 435 g/mol. The first-order valence-electron chi connectivity index (χ1n) is 11.7. The molecule has 172 valence electrons. The summed E-state index contributed by atoms with van der Waals surface area (Å²) < 4.78 is 0. The Bertz CT molecular complexity index is 912. The summed E-state index contributed by atoms with van der Waals surface area (Å²) in [6.07, 6.45) is 3.73. The Hall–Kier alpha value is -2.82. The largest absolute Gasteiger partial charge is 0.371 e. The van der Waals surface area contributed by atoms with Gasteiger partial charge in [0.05, 0.1) is 5.56 Å². The van der Waals surface area contributed by atoms with E-state index in [2.05, 4.69) is 43.2 Å². The molecule has 0 saturated carbocycles. The highest BCUT2D eigenvalue weighted by Crippen LogP contribution is 2.29. The summed E-state index contributed by atoms with van der Waals surface area (Å²) in [7, 11) is 0. The fourth-order valence-electron chi connectivity index (χ4n) is 4.55. The zero-order valence-electron chi connectivity index (χ0n) is 19.9. The lowest BCUT2D eigenvalue weighted by Crippen LogP contribution is -2.27. The van der Waals surface area contributed by atoms with E-state index in [1.807, 2.05) is 48.5 Å². The molecular formula is C27H37N3O2. The van der Waals surface area contributed by atoms with Crippen LogP contribution in [-0.2, 0) is 11.3 Å². The lowest BCUT2D eigenvalue weighted by molar-refractivity contribution is -0.117. The molecule has 0 bridgehead atoms. The minimum atomic E-state index is -0.118. The molecule has 0 radical (unpaired) electrons. The molecule has 5 nitrogen and oxygen atoms in total. The number of hydrogen-bond acceptors (Lipinski definition) is 3. The van der Waals surface area contributed by atoms with Gasteiger partial charge in [-0.25, -0.2) is 0 Å². The molecule has 1 atom stereocenters. The highest BCUT2D eigenvalue weighted by Gasteiger charge is 2.21. The van der Waals surface area contributed by atoms with Crippen molar-refractivity contribution in [1.29, 1.82) is 0 Å². The van der Waals surface area contributed by atoms with E-state index in [4.69, 9.17) is 0 Å². The Labute approximate surface area is 192 Å². The topological polar surface area (TPSA) is 61.4 Å². The van der Waals surface area contributed by atoms with Crippen molar-refractivity contribution in [1.82, 2.24) is 5.32 Å². The van der Waals surface area contributed by atoms with E-state index in [0.717, 1.165) is 43.6 Å². The third kappa shape index (κ3) is 7.11. The summed E-state index contributed by atoms with van der Waals surface area (Å²) >= 11 is 0. The third-order valence-electron chi connectivity index (χ3n) is 5.76. The van der Waals surface area contributed by atoms with Gasteiger partial charge in [-0.15, -0.1) is 0 Å². The van der Waals surface area contributed by atoms with Crippen LogP contribution in [0.5, 0.6) is 0 Å². The molecule has 2 N–H and O–H groups in total. The van der Waals surface area contributed by atoms with E-state index in [0.29, 0.717) is 30.1 Å². The summed E-state index contributed by atoms with van der Waals surface area (Å²) in [5.41, 5.74) is 3.48. The van der Waals surface area contributed by atoms with Crippen LogP contribution in [0.3, 0.4) is 0 Å². The highest BCUT2D eigenvalue weighted by atomic mass is 16.2. The Kier molecular flexibility index (Phi) is 7.94. The number of hydrogen-bond donors (Lipinski definition) is 2. The lowest BCUT2D eigenvalue weighted by atomic mass is 9.84. The van der Waals surface area contributed by atoms with Gasteiger partial charge in [-0.3, -0.25) is 9.59 Å². The second kappa shape index (κ2) is 10.7. The molecule has 0 aliphatic carbocycles. The molecule has 32 heavy (non-hydrogen) atoms. The Morgan fingerprint density at radius 3 is 2.38 bits per heavy atom. The van der Waals surface area contributed by atoms with Crippen LogP contribution in [0.2, 0.25) is 0 Å². The second-order valence-corrected chi connectivity index (χ2v) is 10.2. The first kappa shape index (κ1) is 23.8. The number of amides is 2. The van der Waals surface area contributed by atoms with Gasteiger partial charge in [0, 0.05) is 37.4 Å². The molecule has 0 unspecified atom stereocenters. The van der Waals surface area contributed by atoms with Crippen LogP contribution in [0, 0.1) is 11.3 Å². The van der Waals surface area contributed by atoms with Crippen molar-refractivity contribution >= 4 is 23.2 Å². The second-order valence-electron chi connectivity index (χ2n) is 10.2. The van der Waals surface area contributed by atoms with Crippen LogP contribution >= 0.6 is 0 Å². The van der Waals surface area contributed by atoms with Crippen molar-refractivity contribution in [3.05, 3.63) is 59.7 Å². The average molecular weight is 436 g/mol. The van der Waals surface area contributed by atoms with Crippen LogP contribution in [0.25, 0.3) is 0 Å². The molecule has 1 saturated heterocycles. The minimum absolute atomic E-state index is 0.00804. The summed E-state index contributed by atoms with van der Waals surface area (Å²) in [4.78, 5) is 28.0. The third-order valence-corrected chi connectivity index (χ3v) is 5.76. The first-order valence-corrected chi connectivity index (χ1v) is 11.7. The van der Waals surface area contributed by atoms with Crippen LogP contribution < -0.4 is 15.5 Å². The van der Waals surface area contributed by atoms with E-state index in [9.17, 15) is 9.59 Å². The van der Waals surface area contributed by atoms with E-state index in [-0.39, 0.29) is 17.2 Å². The van der Waals surface area contributed by atoms with Gasteiger partial charge in [0.1, 0.15) is 0 Å². The van der Waals surface area contributed by atoms with Crippen molar-refractivity contribution in [3.8, 4) is 0 Å². The molecule has 2 amide bonds. The van der Waals surface area contributed by atoms with Gasteiger partial charge in [0.15, 0.2) is 0 Å². The van der Waals surface area contributed by atoms with Gasteiger partial charge in [-0.1, -0.05) is 58.0 Å². The van der Waals surface area contributed by atoms with Crippen LogP contribution in [0.4, 0.5) is 11.4 Å². The summed E-state index contributed by atoms with van der Waals surface area (Å²) in [5, 5.41) is 6.05. The predicted octanol–water partition coefficient (Wildman–Crippen LogP) is 5.62.